The van der Waals surface area contributed by atoms with Gasteiger partial charge in [0.1, 0.15) is 0 Å². The third-order valence-electron chi connectivity index (χ3n) is 3.86. The number of hydrogen-bond acceptors (Lipinski definition) is 4. The minimum absolute atomic E-state index is 0.0606. The fourth-order valence-electron chi connectivity index (χ4n) is 2.84. The zero-order valence-electron chi connectivity index (χ0n) is 10.9. The van der Waals surface area contributed by atoms with Crippen LogP contribution < -0.4 is 9.47 Å². The number of nitrogens with zero attached hydrogens (tertiary/aromatic N) is 1. The van der Waals surface area contributed by atoms with Gasteiger partial charge in [-0.15, -0.1) is 0 Å². The lowest BCUT2D eigenvalue weighted by Gasteiger charge is -2.17. The molecule has 1 aromatic rings. The van der Waals surface area contributed by atoms with Gasteiger partial charge >= 0.3 is 0 Å². The maximum atomic E-state index is 11.5. The molecular formula is C14H17NO4. The van der Waals surface area contributed by atoms with Gasteiger partial charge in [0.05, 0.1) is 6.61 Å². The van der Waals surface area contributed by atoms with Gasteiger partial charge in [-0.05, 0) is 30.0 Å². The van der Waals surface area contributed by atoms with E-state index in [0.29, 0.717) is 24.6 Å². The molecule has 0 radical (unpaired) electrons. The van der Waals surface area contributed by atoms with E-state index >= 15 is 0 Å². The minimum atomic E-state index is -0.0606. The Labute approximate surface area is 111 Å². The summed E-state index contributed by atoms with van der Waals surface area (Å²) in [6.45, 7) is 3.15. The van der Waals surface area contributed by atoms with Gasteiger partial charge in [-0.25, -0.2) is 0 Å². The van der Waals surface area contributed by atoms with E-state index in [4.69, 9.17) is 9.47 Å². The molecule has 5 nitrogen and oxygen atoms in total. The largest absolute Gasteiger partial charge is 0.454 e. The Hall–Kier alpha value is -1.75. The molecule has 19 heavy (non-hydrogen) atoms. The van der Waals surface area contributed by atoms with Gasteiger partial charge in [0.25, 0.3) is 0 Å². The first-order valence-corrected chi connectivity index (χ1v) is 6.50. The predicted octanol–water partition coefficient (Wildman–Crippen LogP) is 0.855. The van der Waals surface area contributed by atoms with Gasteiger partial charge in [-0.1, -0.05) is 0 Å². The smallest absolute Gasteiger partial charge is 0.231 e. The lowest BCUT2D eigenvalue weighted by molar-refractivity contribution is -0.128. The van der Waals surface area contributed by atoms with Gasteiger partial charge in [-0.3, -0.25) is 4.79 Å². The molecule has 2 aliphatic rings. The Morgan fingerprint density at radius 2 is 2.16 bits per heavy atom. The van der Waals surface area contributed by atoms with Crippen molar-refractivity contribution >= 4 is 5.91 Å². The molecule has 0 aromatic heterocycles. The molecule has 0 unspecified atom stereocenters. The molecular weight excluding hydrogens is 246 g/mol. The van der Waals surface area contributed by atoms with Crippen LogP contribution in [0.2, 0.25) is 0 Å². The lowest BCUT2D eigenvalue weighted by Crippen LogP contribution is -2.31. The summed E-state index contributed by atoms with van der Waals surface area (Å²) in [6.07, 6.45) is 1.54. The van der Waals surface area contributed by atoms with Crippen molar-refractivity contribution in [1.82, 2.24) is 4.90 Å². The molecule has 0 bridgehead atoms. The van der Waals surface area contributed by atoms with E-state index in [0.717, 1.165) is 29.5 Å². The third-order valence-corrected chi connectivity index (χ3v) is 3.86. The van der Waals surface area contributed by atoms with Crippen molar-refractivity contribution in [3.63, 3.8) is 0 Å². The number of amides is 1. The van der Waals surface area contributed by atoms with Gasteiger partial charge in [0.2, 0.25) is 12.7 Å². The third kappa shape index (κ3) is 2.04. The lowest BCUT2D eigenvalue weighted by atomic mass is 9.96. The van der Waals surface area contributed by atoms with Crippen LogP contribution in [-0.4, -0.2) is 35.8 Å². The van der Waals surface area contributed by atoms with Crippen molar-refractivity contribution in [2.24, 2.45) is 0 Å². The Morgan fingerprint density at radius 1 is 1.37 bits per heavy atom. The number of ether oxygens (including phenoxy) is 2. The van der Waals surface area contributed by atoms with Crippen LogP contribution in [0.3, 0.4) is 0 Å². The second-order valence-corrected chi connectivity index (χ2v) is 4.89. The standard InChI is InChI=1S/C14H17NO4/c1-9(17)15-4-2-10-6-13-14(19-8-18-13)12(7-16)11(10)3-5-15/h6,16H,2-5,7-8H2,1H3. The molecule has 0 aliphatic carbocycles. The summed E-state index contributed by atoms with van der Waals surface area (Å²) < 4.78 is 10.8. The zero-order valence-corrected chi connectivity index (χ0v) is 10.9. The summed E-state index contributed by atoms with van der Waals surface area (Å²) in [4.78, 5) is 13.3. The van der Waals surface area contributed by atoms with Crippen LogP contribution in [0.1, 0.15) is 23.6 Å². The Balaban J connectivity index is 2.01. The highest BCUT2D eigenvalue weighted by atomic mass is 16.7. The van der Waals surface area contributed by atoms with Crippen molar-refractivity contribution < 1.29 is 19.4 Å². The van der Waals surface area contributed by atoms with Crippen LogP contribution in [0.15, 0.2) is 6.07 Å². The van der Waals surface area contributed by atoms with Crippen molar-refractivity contribution in [3.8, 4) is 11.5 Å². The summed E-state index contributed by atoms with van der Waals surface area (Å²) in [7, 11) is 0. The molecule has 2 aliphatic heterocycles. The molecule has 0 spiro atoms. The Bertz CT molecular complexity index is 527. The van der Waals surface area contributed by atoms with Gasteiger partial charge in [-0.2, -0.15) is 0 Å². The number of aliphatic hydroxyl groups excluding tert-OH is 1. The van der Waals surface area contributed by atoms with Crippen molar-refractivity contribution in [1.29, 1.82) is 0 Å². The molecule has 1 N–H and O–H groups in total. The summed E-state index contributed by atoms with van der Waals surface area (Å²) in [5.41, 5.74) is 3.07. The molecule has 0 atom stereocenters. The van der Waals surface area contributed by atoms with E-state index in [1.165, 1.54) is 0 Å². The molecule has 0 saturated carbocycles. The maximum Gasteiger partial charge on any atom is 0.231 e. The Morgan fingerprint density at radius 3 is 2.89 bits per heavy atom. The minimum Gasteiger partial charge on any atom is -0.454 e. The Kier molecular flexibility index (Phi) is 3.06. The molecule has 1 amide bonds. The average Bonchev–Trinajstić information content (AvgIpc) is 2.74. The van der Waals surface area contributed by atoms with E-state index in [2.05, 4.69) is 0 Å². The van der Waals surface area contributed by atoms with E-state index in [9.17, 15) is 9.90 Å². The fourth-order valence-corrected chi connectivity index (χ4v) is 2.84. The highest BCUT2D eigenvalue weighted by Crippen LogP contribution is 2.40. The van der Waals surface area contributed by atoms with E-state index in [1.54, 1.807) is 6.92 Å². The fraction of sp³-hybridized carbons (Fsp3) is 0.500. The highest BCUT2D eigenvalue weighted by molar-refractivity contribution is 5.73. The molecule has 102 valence electrons. The van der Waals surface area contributed by atoms with Gasteiger partial charge < -0.3 is 19.5 Å². The van der Waals surface area contributed by atoms with Crippen LogP contribution >= 0.6 is 0 Å². The first kappa shape index (κ1) is 12.3. The van der Waals surface area contributed by atoms with E-state index in [-0.39, 0.29) is 19.3 Å². The second kappa shape index (κ2) is 4.74. The molecule has 2 heterocycles. The SMILES string of the molecule is CC(=O)N1CCc2cc3c(c(CO)c2CC1)OCO3. The first-order chi connectivity index (χ1) is 9.20. The summed E-state index contributed by atoms with van der Waals surface area (Å²) in [5.74, 6) is 1.47. The molecule has 5 heteroatoms. The second-order valence-electron chi connectivity index (χ2n) is 4.89. The molecule has 1 aromatic carbocycles. The van der Waals surface area contributed by atoms with Gasteiger partial charge in [0.15, 0.2) is 11.5 Å². The number of hydrogen-bond donors (Lipinski definition) is 1. The van der Waals surface area contributed by atoms with Crippen molar-refractivity contribution in [2.45, 2.75) is 26.4 Å². The van der Waals surface area contributed by atoms with E-state index in [1.807, 2.05) is 11.0 Å². The van der Waals surface area contributed by atoms with Crippen molar-refractivity contribution in [3.05, 3.63) is 22.8 Å². The quantitative estimate of drug-likeness (QED) is 0.816. The van der Waals surface area contributed by atoms with Crippen molar-refractivity contribution in [2.75, 3.05) is 19.9 Å². The number of benzene rings is 1. The molecule has 3 rings (SSSR count). The molecule has 0 saturated heterocycles. The van der Waals surface area contributed by atoms with E-state index < -0.39 is 0 Å². The zero-order chi connectivity index (χ0) is 13.4. The van der Waals surface area contributed by atoms with Crippen LogP contribution in [0.25, 0.3) is 0 Å². The normalized spacial score (nSPS) is 17.1. The maximum absolute atomic E-state index is 11.5. The van der Waals surface area contributed by atoms with Crippen LogP contribution in [-0.2, 0) is 24.2 Å². The highest BCUT2D eigenvalue weighted by Gasteiger charge is 2.26. The number of fused-ring (bicyclic) bond motifs is 2. The summed E-state index contributed by atoms with van der Waals surface area (Å²) >= 11 is 0. The summed E-state index contributed by atoms with van der Waals surface area (Å²) in [5, 5.41) is 9.61. The number of carbonyl (C=O) groups is 1. The van der Waals surface area contributed by atoms with Crippen LogP contribution in [0, 0.1) is 0 Å². The van der Waals surface area contributed by atoms with Crippen LogP contribution in [0.5, 0.6) is 11.5 Å². The number of rotatable bonds is 1. The first-order valence-electron chi connectivity index (χ1n) is 6.50. The number of aliphatic hydroxyl groups is 1. The summed E-state index contributed by atoms with van der Waals surface area (Å²) in [6, 6.07) is 1.99. The number of carbonyl (C=O) groups excluding carboxylic acids is 1. The monoisotopic (exact) mass is 263 g/mol. The average molecular weight is 263 g/mol. The van der Waals surface area contributed by atoms with Crippen LogP contribution in [0.4, 0.5) is 0 Å². The topological polar surface area (TPSA) is 59.0 Å². The predicted molar refractivity (Wildman–Crippen MR) is 68.1 cm³/mol. The molecule has 0 fully saturated rings. The van der Waals surface area contributed by atoms with Gasteiger partial charge in [0, 0.05) is 25.6 Å².